The molecule has 0 aromatic heterocycles. The molecule has 1 aromatic rings. The molecule has 0 amide bonds. The molecule has 0 atom stereocenters. The molecule has 3 heteroatoms. The Bertz CT molecular complexity index is 295. The van der Waals surface area contributed by atoms with Crippen LogP contribution in [0.2, 0.25) is 5.02 Å². The maximum atomic E-state index is 5.87. The fourth-order valence-corrected chi connectivity index (χ4v) is 1.58. The van der Waals surface area contributed by atoms with Gasteiger partial charge in [-0.25, -0.2) is 0 Å². The minimum Gasteiger partial charge on any atom is -0.398 e. The lowest BCUT2D eigenvalue weighted by atomic mass is 10.1. The van der Waals surface area contributed by atoms with Gasteiger partial charge in [-0.05, 0) is 30.8 Å². The summed E-state index contributed by atoms with van der Waals surface area (Å²) >= 11 is 5.83. The molecule has 0 radical (unpaired) electrons. The number of rotatable bonds is 4. The molecule has 0 spiro atoms. The van der Waals surface area contributed by atoms with E-state index in [9.17, 15) is 0 Å². The monoisotopic (exact) mass is 212 g/mol. The van der Waals surface area contributed by atoms with Gasteiger partial charge in [-0.1, -0.05) is 31.5 Å². The number of nitrogens with two attached hydrogens (primary N) is 1. The fraction of sp³-hybridized carbons (Fsp3) is 0.455. The van der Waals surface area contributed by atoms with Crippen molar-refractivity contribution in [3.8, 4) is 0 Å². The minimum absolute atomic E-state index is 0.700. The summed E-state index contributed by atoms with van der Waals surface area (Å²) in [5.74, 6) is 0. The molecule has 78 valence electrons. The van der Waals surface area contributed by atoms with Crippen LogP contribution in [0, 0.1) is 0 Å². The zero-order valence-corrected chi connectivity index (χ0v) is 9.51. The highest BCUT2D eigenvalue weighted by atomic mass is 35.5. The van der Waals surface area contributed by atoms with Gasteiger partial charge in [0.2, 0.25) is 0 Å². The molecule has 0 unspecified atom stereocenters. The molecule has 0 saturated carbocycles. The molecule has 0 aliphatic carbocycles. The fourth-order valence-electron chi connectivity index (χ4n) is 1.40. The number of benzene rings is 1. The van der Waals surface area contributed by atoms with Crippen molar-refractivity contribution in [1.82, 2.24) is 4.90 Å². The van der Waals surface area contributed by atoms with E-state index in [1.807, 2.05) is 12.1 Å². The molecule has 2 N–H and O–H groups in total. The SMILES string of the molecule is CCN(CC)Cc1ccc(Cl)cc1N. The number of hydrogen-bond acceptors (Lipinski definition) is 2. The number of nitrogens with zero attached hydrogens (tertiary/aromatic N) is 1. The highest BCUT2D eigenvalue weighted by Gasteiger charge is 2.04. The third kappa shape index (κ3) is 2.89. The van der Waals surface area contributed by atoms with Crippen molar-refractivity contribution < 1.29 is 0 Å². The van der Waals surface area contributed by atoms with E-state index >= 15 is 0 Å². The van der Waals surface area contributed by atoms with Gasteiger partial charge in [0.25, 0.3) is 0 Å². The van der Waals surface area contributed by atoms with Crippen LogP contribution in [0.3, 0.4) is 0 Å². The minimum atomic E-state index is 0.700. The first-order valence-corrected chi connectivity index (χ1v) is 5.31. The topological polar surface area (TPSA) is 29.3 Å². The van der Waals surface area contributed by atoms with Crippen LogP contribution in [0.5, 0.6) is 0 Å². The summed E-state index contributed by atoms with van der Waals surface area (Å²) in [6, 6.07) is 5.69. The van der Waals surface area contributed by atoms with Crippen LogP contribution in [0.25, 0.3) is 0 Å². The Kier molecular flexibility index (Phi) is 4.23. The van der Waals surface area contributed by atoms with E-state index in [-0.39, 0.29) is 0 Å². The molecule has 2 nitrogen and oxygen atoms in total. The van der Waals surface area contributed by atoms with Crippen molar-refractivity contribution >= 4 is 17.3 Å². The lowest BCUT2D eigenvalue weighted by Crippen LogP contribution is -2.22. The van der Waals surface area contributed by atoms with Gasteiger partial charge in [-0.15, -0.1) is 0 Å². The van der Waals surface area contributed by atoms with E-state index in [2.05, 4.69) is 18.7 Å². The predicted molar refractivity (Wildman–Crippen MR) is 62.5 cm³/mol. The van der Waals surface area contributed by atoms with Gasteiger partial charge in [-0.2, -0.15) is 0 Å². The highest BCUT2D eigenvalue weighted by molar-refractivity contribution is 6.30. The third-order valence-electron chi connectivity index (χ3n) is 2.40. The number of anilines is 1. The normalized spacial score (nSPS) is 10.9. The second kappa shape index (κ2) is 5.23. The van der Waals surface area contributed by atoms with Gasteiger partial charge in [0.05, 0.1) is 0 Å². The van der Waals surface area contributed by atoms with Crippen molar-refractivity contribution in [2.24, 2.45) is 0 Å². The molecular formula is C11H17ClN2. The Hall–Kier alpha value is -0.730. The van der Waals surface area contributed by atoms with Crippen molar-refractivity contribution in [1.29, 1.82) is 0 Å². The van der Waals surface area contributed by atoms with E-state index in [4.69, 9.17) is 17.3 Å². The maximum absolute atomic E-state index is 5.87. The lowest BCUT2D eigenvalue weighted by molar-refractivity contribution is 0.296. The molecule has 14 heavy (non-hydrogen) atoms. The summed E-state index contributed by atoms with van der Waals surface area (Å²) in [5, 5.41) is 0.700. The Morgan fingerprint density at radius 3 is 2.43 bits per heavy atom. The average Bonchev–Trinajstić information content (AvgIpc) is 2.17. The van der Waals surface area contributed by atoms with Gasteiger partial charge in [0.1, 0.15) is 0 Å². The van der Waals surface area contributed by atoms with Crippen molar-refractivity contribution in [3.63, 3.8) is 0 Å². The van der Waals surface area contributed by atoms with Crippen LogP contribution < -0.4 is 5.73 Å². The zero-order chi connectivity index (χ0) is 10.6. The van der Waals surface area contributed by atoms with E-state index in [1.54, 1.807) is 6.07 Å². The first-order chi connectivity index (χ1) is 6.67. The molecule has 0 bridgehead atoms. The van der Waals surface area contributed by atoms with Gasteiger partial charge in [-0.3, -0.25) is 4.90 Å². The maximum Gasteiger partial charge on any atom is 0.0426 e. The van der Waals surface area contributed by atoms with E-state index < -0.39 is 0 Å². The Morgan fingerprint density at radius 2 is 1.93 bits per heavy atom. The standard InChI is InChI=1S/C11H17ClN2/c1-3-14(4-2)8-9-5-6-10(12)7-11(9)13/h5-7H,3-4,8,13H2,1-2H3. The number of nitrogen functional groups attached to an aromatic ring is 1. The smallest absolute Gasteiger partial charge is 0.0426 e. The van der Waals surface area contributed by atoms with Crippen molar-refractivity contribution in [2.45, 2.75) is 20.4 Å². The van der Waals surface area contributed by atoms with E-state index in [1.165, 1.54) is 0 Å². The van der Waals surface area contributed by atoms with Gasteiger partial charge < -0.3 is 5.73 Å². The summed E-state index contributed by atoms with van der Waals surface area (Å²) < 4.78 is 0. The van der Waals surface area contributed by atoms with Crippen LogP contribution in [-0.4, -0.2) is 18.0 Å². The second-order valence-electron chi connectivity index (χ2n) is 3.30. The van der Waals surface area contributed by atoms with Crippen LogP contribution in [0.15, 0.2) is 18.2 Å². The van der Waals surface area contributed by atoms with Crippen LogP contribution in [-0.2, 0) is 6.54 Å². The second-order valence-corrected chi connectivity index (χ2v) is 3.74. The predicted octanol–water partition coefficient (Wildman–Crippen LogP) is 2.76. The molecule has 1 rings (SSSR count). The first kappa shape index (κ1) is 11.3. The number of hydrogen-bond donors (Lipinski definition) is 1. The Morgan fingerprint density at radius 1 is 1.29 bits per heavy atom. The molecule has 1 aromatic carbocycles. The highest BCUT2D eigenvalue weighted by Crippen LogP contribution is 2.19. The number of halogens is 1. The Labute approximate surface area is 90.7 Å². The summed E-state index contributed by atoms with van der Waals surface area (Å²) in [6.07, 6.45) is 0. The van der Waals surface area contributed by atoms with Crippen molar-refractivity contribution in [3.05, 3.63) is 28.8 Å². The quantitative estimate of drug-likeness (QED) is 0.778. The average molecular weight is 213 g/mol. The summed E-state index contributed by atoms with van der Waals surface area (Å²) in [4.78, 5) is 2.32. The van der Waals surface area contributed by atoms with Crippen LogP contribution >= 0.6 is 11.6 Å². The van der Waals surface area contributed by atoms with E-state index in [0.29, 0.717) is 5.02 Å². The largest absolute Gasteiger partial charge is 0.398 e. The van der Waals surface area contributed by atoms with Crippen LogP contribution in [0.4, 0.5) is 5.69 Å². The third-order valence-corrected chi connectivity index (χ3v) is 2.63. The molecule has 0 aliphatic heterocycles. The van der Waals surface area contributed by atoms with Crippen LogP contribution in [0.1, 0.15) is 19.4 Å². The summed E-state index contributed by atoms with van der Waals surface area (Å²) in [5.41, 5.74) is 7.80. The van der Waals surface area contributed by atoms with Crippen molar-refractivity contribution in [2.75, 3.05) is 18.8 Å². The molecule has 0 aliphatic rings. The lowest BCUT2D eigenvalue weighted by Gasteiger charge is -2.19. The first-order valence-electron chi connectivity index (χ1n) is 4.93. The summed E-state index contributed by atoms with van der Waals surface area (Å²) in [7, 11) is 0. The van der Waals surface area contributed by atoms with Gasteiger partial charge in [0, 0.05) is 17.3 Å². The van der Waals surface area contributed by atoms with Gasteiger partial charge >= 0.3 is 0 Å². The van der Waals surface area contributed by atoms with Gasteiger partial charge in [0.15, 0.2) is 0 Å². The molecule has 0 fully saturated rings. The molecule has 0 heterocycles. The zero-order valence-electron chi connectivity index (χ0n) is 8.76. The summed E-state index contributed by atoms with van der Waals surface area (Å²) in [6.45, 7) is 7.28. The van der Waals surface area contributed by atoms with E-state index in [0.717, 1.165) is 30.9 Å². The Balaban J connectivity index is 2.76. The molecular weight excluding hydrogens is 196 g/mol. The molecule has 0 saturated heterocycles.